The molecule has 1 N–H and O–H groups in total. The van der Waals surface area contributed by atoms with E-state index in [1.807, 2.05) is 0 Å². The highest BCUT2D eigenvalue weighted by Gasteiger charge is 2.15. The summed E-state index contributed by atoms with van der Waals surface area (Å²) in [6, 6.07) is 1.75. The summed E-state index contributed by atoms with van der Waals surface area (Å²) in [5.41, 5.74) is -1.38. The Kier molecular flexibility index (Phi) is 5.69. The van der Waals surface area contributed by atoms with Gasteiger partial charge in [-0.2, -0.15) is 5.26 Å². The third-order valence-corrected chi connectivity index (χ3v) is 3.20. The van der Waals surface area contributed by atoms with Crippen molar-refractivity contribution >= 4 is 5.91 Å². The molecule has 1 aromatic heterocycles. The Morgan fingerprint density at radius 1 is 1.36 bits per heavy atom. The molecular weight excluding hydrogens is 284 g/mol. The fourth-order valence-electron chi connectivity index (χ4n) is 1.87. The van der Waals surface area contributed by atoms with Crippen molar-refractivity contribution in [1.29, 1.82) is 5.26 Å². The zero-order chi connectivity index (χ0) is 16.9. The highest BCUT2D eigenvalue weighted by molar-refractivity contribution is 5.75. The number of hydrogen-bond donors (Lipinski definition) is 1. The molecule has 0 radical (unpaired) electrons. The lowest BCUT2D eigenvalue weighted by molar-refractivity contribution is -0.121. The average molecular weight is 306 g/mol. The third kappa shape index (κ3) is 4.58. The van der Waals surface area contributed by atoms with Gasteiger partial charge in [0.1, 0.15) is 18.2 Å². The first-order valence-electron chi connectivity index (χ1n) is 7.20. The number of nitriles is 1. The maximum Gasteiger partial charge on any atom is 0.331 e. The Labute approximate surface area is 129 Å². The van der Waals surface area contributed by atoms with Crippen LogP contribution in [-0.4, -0.2) is 21.6 Å². The minimum Gasteiger partial charge on any atom is -0.355 e. The van der Waals surface area contributed by atoms with Gasteiger partial charge in [-0.15, -0.1) is 0 Å². The standard InChI is InChI=1S/C15H22N4O3/c1-5-18-9-11(8-16)13(21)19(14(18)22)10-12(20)17-7-6-15(2,3)4/h9H,5-7,10H2,1-4H3,(H,17,20). The summed E-state index contributed by atoms with van der Waals surface area (Å²) in [7, 11) is 0. The number of nitrogens with one attached hydrogen (secondary N) is 1. The van der Waals surface area contributed by atoms with Gasteiger partial charge in [0.2, 0.25) is 5.91 Å². The fraction of sp³-hybridized carbons (Fsp3) is 0.600. The van der Waals surface area contributed by atoms with E-state index in [1.54, 1.807) is 13.0 Å². The minimum absolute atomic E-state index is 0.0831. The molecule has 1 heterocycles. The number of rotatable bonds is 5. The van der Waals surface area contributed by atoms with Crippen LogP contribution in [0, 0.1) is 16.7 Å². The first kappa shape index (κ1) is 17.7. The molecule has 0 atom stereocenters. The van der Waals surface area contributed by atoms with Gasteiger partial charge in [-0.3, -0.25) is 14.2 Å². The second-order valence-electron chi connectivity index (χ2n) is 6.28. The number of aromatic nitrogens is 2. The van der Waals surface area contributed by atoms with E-state index in [-0.39, 0.29) is 17.5 Å². The number of hydrogen-bond acceptors (Lipinski definition) is 4. The Balaban J connectivity index is 2.94. The van der Waals surface area contributed by atoms with Crippen molar-refractivity contribution in [2.24, 2.45) is 5.41 Å². The van der Waals surface area contributed by atoms with Crippen LogP contribution in [0.3, 0.4) is 0 Å². The second-order valence-corrected chi connectivity index (χ2v) is 6.28. The molecule has 0 saturated heterocycles. The van der Waals surface area contributed by atoms with Crippen LogP contribution in [-0.2, 0) is 17.9 Å². The van der Waals surface area contributed by atoms with Gasteiger partial charge in [0, 0.05) is 19.3 Å². The third-order valence-electron chi connectivity index (χ3n) is 3.20. The van der Waals surface area contributed by atoms with Gasteiger partial charge in [0.05, 0.1) is 0 Å². The summed E-state index contributed by atoms with van der Waals surface area (Å²) in [5, 5.41) is 11.6. The molecule has 1 amide bonds. The predicted octanol–water partition coefficient (Wildman–Crippen LogP) is 0.454. The summed E-state index contributed by atoms with van der Waals surface area (Å²) in [6.45, 7) is 8.30. The van der Waals surface area contributed by atoms with Gasteiger partial charge in [-0.05, 0) is 18.8 Å². The number of nitrogens with zero attached hydrogens (tertiary/aromatic N) is 3. The topological polar surface area (TPSA) is 96.9 Å². The van der Waals surface area contributed by atoms with Gasteiger partial charge in [-0.25, -0.2) is 9.36 Å². The number of amides is 1. The summed E-state index contributed by atoms with van der Waals surface area (Å²) in [4.78, 5) is 36.0. The number of carbonyl (C=O) groups is 1. The molecular formula is C15H22N4O3. The van der Waals surface area contributed by atoms with Crippen LogP contribution in [0.2, 0.25) is 0 Å². The van der Waals surface area contributed by atoms with Gasteiger partial charge in [0.25, 0.3) is 5.56 Å². The molecule has 0 spiro atoms. The molecule has 0 fully saturated rings. The molecule has 0 unspecified atom stereocenters. The Morgan fingerprint density at radius 3 is 2.50 bits per heavy atom. The van der Waals surface area contributed by atoms with Crippen LogP contribution in [0.4, 0.5) is 0 Å². The summed E-state index contributed by atoms with van der Waals surface area (Å²) < 4.78 is 2.04. The number of aryl methyl sites for hydroxylation is 1. The molecule has 0 saturated carbocycles. The fourth-order valence-corrected chi connectivity index (χ4v) is 1.87. The Morgan fingerprint density at radius 2 is 2.00 bits per heavy atom. The van der Waals surface area contributed by atoms with Crippen molar-refractivity contribution in [3.05, 3.63) is 32.6 Å². The van der Waals surface area contributed by atoms with Gasteiger partial charge in [-0.1, -0.05) is 20.8 Å². The van der Waals surface area contributed by atoms with E-state index in [1.165, 1.54) is 10.8 Å². The summed E-state index contributed by atoms with van der Waals surface area (Å²) >= 11 is 0. The smallest absolute Gasteiger partial charge is 0.331 e. The lowest BCUT2D eigenvalue weighted by Gasteiger charge is -2.18. The van der Waals surface area contributed by atoms with Crippen LogP contribution in [0.25, 0.3) is 0 Å². The molecule has 22 heavy (non-hydrogen) atoms. The van der Waals surface area contributed by atoms with E-state index in [4.69, 9.17) is 5.26 Å². The van der Waals surface area contributed by atoms with Crippen molar-refractivity contribution < 1.29 is 4.79 Å². The minimum atomic E-state index is -0.733. The highest BCUT2D eigenvalue weighted by atomic mass is 16.2. The Hall–Kier alpha value is -2.36. The average Bonchev–Trinajstić information content (AvgIpc) is 2.42. The molecule has 1 rings (SSSR count). The van der Waals surface area contributed by atoms with E-state index in [0.29, 0.717) is 13.1 Å². The van der Waals surface area contributed by atoms with Crippen molar-refractivity contribution in [2.45, 2.75) is 47.2 Å². The largest absolute Gasteiger partial charge is 0.355 e. The van der Waals surface area contributed by atoms with E-state index in [2.05, 4.69) is 26.1 Å². The maximum atomic E-state index is 12.1. The molecule has 0 aliphatic carbocycles. The van der Waals surface area contributed by atoms with E-state index in [9.17, 15) is 14.4 Å². The summed E-state index contributed by atoms with van der Waals surface area (Å²) in [5.74, 6) is -0.416. The lowest BCUT2D eigenvalue weighted by atomic mass is 9.92. The number of carbonyl (C=O) groups excluding carboxylic acids is 1. The maximum absolute atomic E-state index is 12.1. The molecule has 0 aliphatic heterocycles. The van der Waals surface area contributed by atoms with Crippen LogP contribution < -0.4 is 16.6 Å². The van der Waals surface area contributed by atoms with E-state index in [0.717, 1.165) is 11.0 Å². The van der Waals surface area contributed by atoms with Gasteiger partial charge in [0.15, 0.2) is 0 Å². The molecule has 1 aromatic rings. The van der Waals surface area contributed by atoms with Crippen molar-refractivity contribution in [3.63, 3.8) is 0 Å². The van der Waals surface area contributed by atoms with Crippen molar-refractivity contribution in [2.75, 3.05) is 6.54 Å². The quantitative estimate of drug-likeness (QED) is 0.854. The van der Waals surface area contributed by atoms with Crippen LogP contribution in [0.1, 0.15) is 39.7 Å². The molecule has 7 heteroatoms. The lowest BCUT2D eigenvalue weighted by Crippen LogP contribution is -2.44. The molecule has 120 valence electrons. The monoisotopic (exact) mass is 306 g/mol. The van der Waals surface area contributed by atoms with Gasteiger partial charge < -0.3 is 5.32 Å². The normalized spacial score (nSPS) is 11.0. The van der Waals surface area contributed by atoms with Crippen LogP contribution in [0.5, 0.6) is 0 Å². The first-order valence-corrected chi connectivity index (χ1v) is 7.20. The van der Waals surface area contributed by atoms with Crippen molar-refractivity contribution in [1.82, 2.24) is 14.5 Å². The van der Waals surface area contributed by atoms with Crippen molar-refractivity contribution in [3.8, 4) is 6.07 Å². The SMILES string of the molecule is CCn1cc(C#N)c(=O)n(CC(=O)NCCC(C)(C)C)c1=O. The van der Waals surface area contributed by atoms with Gasteiger partial charge >= 0.3 is 5.69 Å². The second kappa shape index (κ2) is 7.07. The predicted molar refractivity (Wildman–Crippen MR) is 82.4 cm³/mol. The van der Waals surface area contributed by atoms with E-state index >= 15 is 0 Å². The van der Waals surface area contributed by atoms with Crippen LogP contribution >= 0.6 is 0 Å². The zero-order valence-electron chi connectivity index (χ0n) is 13.5. The molecule has 7 nitrogen and oxygen atoms in total. The van der Waals surface area contributed by atoms with E-state index < -0.39 is 17.2 Å². The molecule has 0 bridgehead atoms. The Bertz CT molecular complexity index is 701. The molecule has 0 aromatic carbocycles. The summed E-state index contributed by atoms with van der Waals surface area (Å²) in [6.07, 6.45) is 2.00. The molecule has 0 aliphatic rings. The zero-order valence-corrected chi connectivity index (χ0v) is 13.5. The van der Waals surface area contributed by atoms with Crippen LogP contribution in [0.15, 0.2) is 15.8 Å². The first-order chi connectivity index (χ1) is 10.2. The highest BCUT2D eigenvalue weighted by Crippen LogP contribution is 2.16.